The number of rotatable bonds is 3. The van der Waals surface area contributed by atoms with Crippen LogP contribution in [0.5, 0.6) is 0 Å². The van der Waals surface area contributed by atoms with E-state index in [1.807, 2.05) is 29.6 Å². The summed E-state index contributed by atoms with van der Waals surface area (Å²) in [6, 6.07) is 7.85. The molecule has 0 aliphatic carbocycles. The molecule has 0 saturated heterocycles. The maximum Gasteiger partial charge on any atom is 0.406 e. The lowest BCUT2D eigenvalue weighted by Gasteiger charge is -2.10. The fourth-order valence-corrected chi connectivity index (χ4v) is 2.63. The van der Waals surface area contributed by atoms with Crippen molar-refractivity contribution < 1.29 is 14.6 Å². The highest BCUT2D eigenvalue weighted by Gasteiger charge is 2.13. The van der Waals surface area contributed by atoms with Crippen LogP contribution in [-0.4, -0.2) is 24.9 Å². The first-order valence-corrected chi connectivity index (χ1v) is 6.06. The predicted molar refractivity (Wildman–Crippen MR) is 67.2 cm³/mol. The van der Waals surface area contributed by atoms with Crippen LogP contribution in [0.25, 0.3) is 10.1 Å². The average Bonchev–Trinajstić information content (AvgIpc) is 2.79. The Kier molecular flexibility index (Phi) is 3.61. The lowest BCUT2D eigenvalue weighted by molar-refractivity contribution is 0.148. The minimum absolute atomic E-state index is 0.146. The molecule has 1 heterocycles. The van der Waals surface area contributed by atoms with Gasteiger partial charge in [-0.3, -0.25) is 0 Å². The molecule has 5 heteroatoms. The molecule has 2 N–H and O–H groups in total. The zero-order chi connectivity index (χ0) is 12.3. The van der Waals surface area contributed by atoms with Gasteiger partial charge in [-0.25, -0.2) is 4.79 Å². The van der Waals surface area contributed by atoms with E-state index in [4.69, 9.17) is 0 Å². The lowest BCUT2D eigenvalue weighted by atomic mass is 10.1. The van der Waals surface area contributed by atoms with Gasteiger partial charge in [-0.05, 0) is 16.8 Å². The minimum atomic E-state index is -0.717. The highest BCUT2D eigenvalue weighted by Crippen LogP contribution is 2.29. The SMILES string of the molecule is COC(=O)NC[C@H](O)c1csc2ccccc12. The Morgan fingerprint density at radius 1 is 1.53 bits per heavy atom. The van der Waals surface area contributed by atoms with Crippen molar-refractivity contribution in [1.29, 1.82) is 0 Å². The normalized spacial score (nSPS) is 12.4. The zero-order valence-electron chi connectivity index (χ0n) is 9.34. The van der Waals surface area contributed by atoms with Crippen molar-refractivity contribution >= 4 is 27.5 Å². The minimum Gasteiger partial charge on any atom is -0.453 e. The van der Waals surface area contributed by atoms with Crippen LogP contribution in [0.1, 0.15) is 11.7 Å². The van der Waals surface area contributed by atoms with Crippen molar-refractivity contribution in [3.8, 4) is 0 Å². The first-order chi connectivity index (χ1) is 8.22. The third kappa shape index (κ3) is 2.57. The first kappa shape index (κ1) is 11.9. The fraction of sp³-hybridized carbons (Fsp3) is 0.250. The predicted octanol–water partition coefficient (Wildman–Crippen LogP) is 2.29. The number of alkyl carbamates (subject to hydrolysis) is 1. The van der Waals surface area contributed by atoms with Gasteiger partial charge in [0.2, 0.25) is 0 Å². The van der Waals surface area contributed by atoms with Gasteiger partial charge in [0.1, 0.15) is 0 Å². The molecule has 1 aromatic carbocycles. The van der Waals surface area contributed by atoms with Crippen LogP contribution in [-0.2, 0) is 4.74 Å². The topological polar surface area (TPSA) is 58.6 Å². The molecule has 1 aromatic heterocycles. The highest BCUT2D eigenvalue weighted by molar-refractivity contribution is 7.17. The molecule has 2 rings (SSSR count). The van der Waals surface area contributed by atoms with Crippen LogP contribution >= 0.6 is 11.3 Å². The third-order valence-electron chi connectivity index (χ3n) is 2.50. The maximum atomic E-state index is 10.9. The van der Waals surface area contributed by atoms with Crippen LogP contribution < -0.4 is 5.32 Å². The second-order valence-corrected chi connectivity index (χ2v) is 4.49. The van der Waals surface area contributed by atoms with E-state index in [9.17, 15) is 9.90 Å². The summed E-state index contributed by atoms with van der Waals surface area (Å²) in [7, 11) is 1.29. The Morgan fingerprint density at radius 2 is 2.29 bits per heavy atom. The molecule has 0 aliphatic heterocycles. The van der Waals surface area contributed by atoms with Crippen molar-refractivity contribution in [2.45, 2.75) is 6.10 Å². The van der Waals surface area contributed by atoms with Gasteiger partial charge in [-0.2, -0.15) is 0 Å². The van der Waals surface area contributed by atoms with Crippen LogP contribution in [0.2, 0.25) is 0 Å². The van der Waals surface area contributed by atoms with Gasteiger partial charge in [0.05, 0.1) is 19.8 Å². The van der Waals surface area contributed by atoms with E-state index in [-0.39, 0.29) is 6.54 Å². The maximum absolute atomic E-state index is 10.9. The molecular formula is C12H13NO3S. The van der Waals surface area contributed by atoms with Gasteiger partial charge in [-0.15, -0.1) is 11.3 Å². The molecule has 1 amide bonds. The van der Waals surface area contributed by atoms with E-state index < -0.39 is 12.2 Å². The van der Waals surface area contributed by atoms with Gasteiger partial charge in [0.25, 0.3) is 0 Å². The number of aliphatic hydroxyl groups excluding tert-OH is 1. The van der Waals surface area contributed by atoms with Crippen molar-refractivity contribution in [3.05, 3.63) is 35.2 Å². The number of fused-ring (bicyclic) bond motifs is 1. The van der Waals surface area contributed by atoms with E-state index in [1.54, 1.807) is 11.3 Å². The quantitative estimate of drug-likeness (QED) is 0.880. The summed E-state index contributed by atoms with van der Waals surface area (Å²) >= 11 is 1.58. The molecule has 0 radical (unpaired) electrons. The highest BCUT2D eigenvalue weighted by atomic mass is 32.1. The number of nitrogens with one attached hydrogen (secondary N) is 1. The number of thiophene rings is 1. The average molecular weight is 251 g/mol. The van der Waals surface area contributed by atoms with E-state index >= 15 is 0 Å². The molecular weight excluding hydrogens is 238 g/mol. The first-order valence-electron chi connectivity index (χ1n) is 5.18. The molecule has 0 aliphatic rings. The van der Waals surface area contributed by atoms with Crippen molar-refractivity contribution in [1.82, 2.24) is 5.32 Å². The Bertz CT molecular complexity index is 523. The molecule has 0 spiro atoms. The van der Waals surface area contributed by atoms with Crippen LogP contribution in [0.15, 0.2) is 29.6 Å². The number of hydrogen-bond donors (Lipinski definition) is 2. The monoisotopic (exact) mass is 251 g/mol. The molecule has 2 aromatic rings. The van der Waals surface area contributed by atoms with Gasteiger partial charge in [0, 0.05) is 10.3 Å². The van der Waals surface area contributed by atoms with Gasteiger partial charge < -0.3 is 15.2 Å². The Balaban J connectivity index is 2.13. The molecule has 0 fully saturated rings. The fourth-order valence-electron chi connectivity index (χ4n) is 1.62. The summed E-state index contributed by atoms with van der Waals surface area (Å²) in [4.78, 5) is 10.9. The van der Waals surface area contributed by atoms with Gasteiger partial charge >= 0.3 is 6.09 Å². The molecule has 90 valence electrons. The number of carbonyl (C=O) groups excluding carboxylic acids is 1. The van der Waals surface area contributed by atoms with Gasteiger partial charge in [0.15, 0.2) is 0 Å². The van der Waals surface area contributed by atoms with Crippen molar-refractivity contribution in [2.24, 2.45) is 0 Å². The van der Waals surface area contributed by atoms with E-state index in [0.29, 0.717) is 0 Å². The largest absolute Gasteiger partial charge is 0.453 e. The Morgan fingerprint density at radius 3 is 3.06 bits per heavy atom. The second kappa shape index (κ2) is 5.16. The number of carbonyl (C=O) groups is 1. The number of benzene rings is 1. The number of aliphatic hydroxyl groups is 1. The molecule has 17 heavy (non-hydrogen) atoms. The summed E-state index contributed by atoms with van der Waals surface area (Å²) in [5.74, 6) is 0. The number of hydrogen-bond acceptors (Lipinski definition) is 4. The summed E-state index contributed by atoms with van der Waals surface area (Å²) in [6.07, 6.45) is -1.26. The summed E-state index contributed by atoms with van der Waals surface area (Å²) in [5.41, 5.74) is 0.835. The van der Waals surface area contributed by atoms with Crippen LogP contribution in [0.4, 0.5) is 4.79 Å². The van der Waals surface area contributed by atoms with E-state index in [1.165, 1.54) is 7.11 Å². The van der Waals surface area contributed by atoms with Crippen molar-refractivity contribution in [3.63, 3.8) is 0 Å². The number of methoxy groups -OCH3 is 1. The molecule has 0 bridgehead atoms. The summed E-state index contributed by atoms with van der Waals surface area (Å²) in [6.45, 7) is 0.146. The smallest absolute Gasteiger partial charge is 0.406 e. The summed E-state index contributed by atoms with van der Waals surface area (Å²) in [5, 5.41) is 15.4. The van der Waals surface area contributed by atoms with Crippen molar-refractivity contribution in [2.75, 3.05) is 13.7 Å². The molecule has 0 saturated carbocycles. The third-order valence-corrected chi connectivity index (χ3v) is 3.48. The number of ether oxygens (including phenoxy) is 1. The zero-order valence-corrected chi connectivity index (χ0v) is 10.2. The lowest BCUT2D eigenvalue weighted by Crippen LogP contribution is -2.27. The van der Waals surface area contributed by atoms with Crippen LogP contribution in [0, 0.1) is 0 Å². The second-order valence-electron chi connectivity index (χ2n) is 3.58. The molecule has 1 atom stereocenters. The standard InChI is InChI=1S/C12H13NO3S/c1-16-12(15)13-6-10(14)9-7-17-11-5-3-2-4-8(9)11/h2-5,7,10,14H,6H2,1H3,(H,13,15)/t10-/m0/s1. The summed E-state index contributed by atoms with van der Waals surface area (Å²) < 4.78 is 5.57. The molecule has 0 unspecified atom stereocenters. The molecule has 4 nitrogen and oxygen atoms in total. The van der Waals surface area contributed by atoms with E-state index in [0.717, 1.165) is 15.6 Å². The van der Waals surface area contributed by atoms with Crippen LogP contribution in [0.3, 0.4) is 0 Å². The number of amides is 1. The Hall–Kier alpha value is -1.59. The Labute approximate surface area is 103 Å². The van der Waals surface area contributed by atoms with E-state index in [2.05, 4.69) is 10.1 Å². The van der Waals surface area contributed by atoms with Gasteiger partial charge in [-0.1, -0.05) is 18.2 Å².